The van der Waals surface area contributed by atoms with Gasteiger partial charge in [0.05, 0.1) is 5.69 Å². The minimum atomic E-state index is -3.91. The van der Waals surface area contributed by atoms with Crippen molar-refractivity contribution >= 4 is 0 Å². The van der Waals surface area contributed by atoms with Gasteiger partial charge in [0, 0.05) is 5.56 Å². The van der Waals surface area contributed by atoms with Crippen molar-refractivity contribution in [1.29, 1.82) is 0 Å². The number of aromatic nitrogens is 3. The van der Waals surface area contributed by atoms with Crippen molar-refractivity contribution in [1.82, 2.24) is 14.8 Å². The molecule has 3 rings (SSSR count). The van der Waals surface area contributed by atoms with Gasteiger partial charge in [0.2, 0.25) is 0 Å². The summed E-state index contributed by atoms with van der Waals surface area (Å²) in [5.74, 6) is -5.06. The SMILES string of the molecule is O=[N+]([O-])C(c1nc(-c2ccccc2)nn1-c1ccccc1)([N+](=O)[O-])[N+](=O)[O-]. The van der Waals surface area contributed by atoms with E-state index < -0.39 is 26.4 Å². The summed E-state index contributed by atoms with van der Waals surface area (Å²) in [6.07, 6.45) is 0. The molecule has 0 unspecified atom stereocenters. The monoisotopic (exact) mass is 370 g/mol. The number of hydrogen-bond acceptors (Lipinski definition) is 8. The Kier molecular flexibility index (Phi) is 4.29. The maximum absolute atomic E-state index is 11.5. The topological polar surface area (TPSA) is 160 Å². The maximum Gasteiger partial charge on any atom is 0.763 e. The number of para-hydroxylation sites is 1. The molecular formula is C15H10N6O6. The lowest BCUT2D eigenvalue weighted by Gasteiger charge is -2.09. The van der Waals surface area contributed by atoms with Gasteiger partial charge in [-0.3, -0.25) is 30.3 Å². The Morgan fingerprint density at radius 2 is 1.26 bits per heavy atom. The van der Waals surface area contributed by atoms with Crippen LogP contribution >= 0.6 is 0 Å². The van der Waals surface area contributed by atoms with Crippen LogP contribution in [-0.2, 0) is 5.79 Å². The molecule has 136 valence electrons. The summed E-state index contributed by atoms with van der Waals surface area (Å²) in [7, 11) is 0. The highest BCUT2D eigenvalue weighted by molar-refractivity contribution is 5.54. The molecule has 0 bridgehead atoms. The van der Waals surface area contributed by atoms with Crippen LogP contribution in [0.4, 0.5) is 0 Å². The highest BCUT2D eigenvalue weighted by Crippen LogP contribution is 2.29. The molecule has 1 aromatic heterocycles. The van der Waals surface area contributed by atoms with E-state index in [0.29, 0.717) is 5.56 Å². The molecule has 0 aliphatic heterocycles. The molecule has 0 fully saturated rings. The Bertz CT molecular complexity index is 984. The molecule has 0 atom stereocenters. The molecular weight excluding hydrogens is 360 g/mol. The molecule has 0 aliphatic rings. The predicted molar refractivity (Wildman–Crippen MR) is 89.5 cm³/mol. The van der Waals surface area contributed by atoms with Crippen molar-refractivity contribution in [2.45, 2.75) is 5.79 Å². The molecule has 12 heteroatoms. The standard InChI is InChI=1S/C15H10N6O6/c22-19(23)15(20(24)25,21(26)27)14-16-13(11-7-3-1-4-8-11)17-18(14)12-9-5-2-6-10-12/h1-10H. The quantitative estimate of drug-likeness (QED) is 0.361. The van der Waals surface area contributed by atoms with Crippen LogP contribution in [0.5, 0.6) is 0 Å². The molecule has 0 spiro atoms. The third kappa shape index (κ3) is 2.74. The second-order valence-electron chi connectivity index (χ2n) is 5.28. The van der Waals surface area contributed by atoms with Gasteiger partial charge in [-0.2, -0.15) is 9.67 Å². The zero-order valence-corrected chi connectivity index (χ0v) is 13.4. The van der Waals surface area contributed by atoms with Crippen LogP contribution in [0.1, 0.15) is 5.82 Å². The van der Waals surface area contributed by atoms with Crippen LogP contribution in [-0.4, -0.2) is 29.5 Å². The molecule has 0 aliphatic carbocycles. The van der Waals surface area contributed by atoms with E-state index in [0.717, 1.165) is 4.68 Å². The van der Waals surface area contributed by atoms with Gasteiger partial charge in [-0.1, -0.05) is 48.5 Å². The molecule has 1 heterocycles. The zero-order valence-electron chi connectivity index (χ0n) is 13.4. The van der Waals surface area contributed by atoms with Crippen LogP contribution in [0.15, 0.2) is 60.7 Å². The smallest absolute Gasteiger partial charge is 0.252 e. The summed E-state index contributed by atoms with van der Waals surface area (Å²) in [6.45, 7) is 0. The molecule has 0 amide bonds. The molecule has 0 N–H and O–H groups in total. The Hall–Kier alpha value is -4.22. The minimum absolute atomic E-state index is 0.121. The van der Waals surface area contributed by atoms with Gasteiger partial charge >= 0.3 is 11.6 Å². The third-order valence-corrected chi connectivity index (χ3v) is 3.70. The average Bonchev–Trinajstić information content (AvgIpc) is 3.08. The van der Waals surface area contributed by atoms with E-state index >= 15 is 0 Å². The first-order chi connectivity index (χ1) is 12.9. The third-order valence-electron chi connectivity index (χ3n) is 3.70. The maximum atomic E-state index is 11.5. The van der Waals surface area contributed by atoms with Crippen molar-refractivity contribution in [3.05, 3.63) is 96.8 Å². The van der Waals surface area contributed by atoms with Crippen molar-refractivity contribution in [3.8, 4) is 17.1 Å². The fraction of sp³-hybridized carbons (Fsp3) is 0.0667. The average molecular weight is 370 g/mol. The van der Waals surface area contributed by atoms with Crippen LogP contribution < -0.4 is 0 Å². The van der Waals surface area contributed by atoms with Crippen LogP contribution in [0, 0.1) is 30.3 Å². The van der Waals surface area contributed by atoms with Crippen molar-refractivity contribution in [2.75, 3.05) is 0 Å². The molecule has 0 saturated heterocycles. The number of benzene rings is 2. The number of nitrogens with zero attached hydrogens (tertiary/aromatic N) is 6. The summed E-state index contributed by atoms with van der Waals surface area (Å²) in [5.41, 5.74) is 0.537. The van der Waals surface area contributed by atoms with Gasteiger partial charge in [-0.05, 0) is 12.1 Å². The van der Waals surface area contributed by atoms with Crippen molar-refractivity contribution in [3.63, 3.8) is 0 Å². The molecule has 27 heavy (non-hydrogen) atoms. The van der Waals surface area contributed by atoms with E-state index in [9.17, 15) is 30.3 Å². The lowest BCUT2D eigenvalue weighted by molar-refractivity contribution is -0.987. The predicted octanol–water partition coefficient (Wildman–Crippen LogP) is 1.87. The highest BCUT2D eigenvalue weighted by Gasteiger charge is 2.77. The molecule has 2 aromatic carbocycles. The number of nitro groups is 3. The lowest BCUT2D eigenvalue weighted by Crippen LogP contribution is -2.52. The Morgan fingerprint density at radius 1 is 0.778 bits per heavy atom. The minimum Gasteiger partial charge on any atom is -0.252 e. The Balaban J connectivity index is 2.37. The first-order valence-corrected chi connectivity index (χ1v) is 7.41. The van der Waals surface area contributed by atoms with E-state index in [1.54, 1.807) is 48.5 Å². The molecule has 0 saturated carbocycles. The first-order valence-electron chi connectivity index (χ1n) is 7.41. The van der Waals surface area contributed by atoms with Gasteiger partial charge in [-0.15, -0.1) is 5.10 Å². The Morgan fingerprint density at radius 3 is 1.74 bits per heavy atom. The van der Waals surface area contributed by atoms with Gasteiger partial charge in [0.1, 0.15) is 0 Å². The molecule has 3 aromatic rings. The fourth-order valence-electron chi connectivity index (χ4n) is 2.43. The fourth-order valence-corrected chi connectivity index (χ4v) is 2.43. The summed E-state index contributed by atoms with van der Waals surface area (Å²) < 4.78 is 0.747. The van der Waals surface area contributed by atoms with Crippen LogP contribution in [0.25, 0.3) is 17.1 Å². The van der Waals surface area contributed by atoms with Crippen molar-refractivity contribution in [2.24, 2.45) is 0 Å². The normalized spacial score (nSPS) is 11.1. The summed E-state index contributed by atoms with van der Waals surface area (Å²) in [6, 6.07) is 15.7. The Labute approximate surface area is 150 Å². The second-order valence-corrected chi connectivity index (χ2v) is 5.28. The van der Waals surface area contributed by atoms with E-state index in [2.05, 4.69) is 10.1 Å². The van der Waals surface area contributed by atoms with E-state index in [1.807, 2.05) is 0 Å². The van der Waals surface area contributed by atoms with Crippen molar-refractivity contribution < 1.29 is 14.8 Å². The van der Waals surface area contributed by atoms with Gasteiger partial charge < -0.3 is 0 Å². The lowest BCUT2D eigenvalue weighted by atomic mass is 10.2. The van der Waals surface area contributed by atoms with E-state index in [4.69, 9.17) is 0 Å². The molecule has 0 radical (unpaired) electrons. The largest absolute Gasteiger partial charge is 0.763 e. The van der Waals surface area contributed by atoms with Gasteiger partial charge in [0.25, 0.3) is 0 Å². The van der Waals surface area contributed by atoms with Gasteiger partial charge in [-0.25, -0.2) is 0 Å². The number of rotatable bonds is 6. The zero-order chi connectivity index (χ0) is 19.6. The van der Waals surface area contributed by atoms with Gasteiger partial charge in [0.15, 0.2) is 20.6 Å². The molecule has 12 nitrogen and oxygen atoms in total. The van der Waals surface area contributed by atoms with E-state index in [-0.39, 0.29) is 11.5 Å². The van der Waals surface area contributed by atoms with Crippen LogP contribution in [0.2, 0.25) is 0 Å². The number of hydrogen-bond donors (Lipinski definition) is 0. The summed E-state index contributed by atoms with van der Waals surface area (Å²) in [4.78, 5) is 33.5. The highest BCUT2D eigenvalue weighted by atomic mass is 16.7. The summed E-state index contributed by atoms with van der Waals surface area (Å²) in [5, 5.41) is 38.5. The summed E-state index contributed by atoms with van der Waals surface area (Å²) >= 11 is 0. The first kappa shape index (κ1) is 17.6. The van der Waals surface area contributed by atoms with E-state index in [1.165, 1.54) is 12.1 Å². The second kappa shape index (κ2) is 6.59. The van der Waals surface area contributed by atoms with Crippen LogP contribution in [0.3, 0.4) is 0 Å².